The minimum atomic E-state index is 0.772. The van der Waals surface area contributed by atoms with Gasteiger partial charge in [0.2, 0.25) is 0 Å². The van der Waals surface area contributed by atoms with E-state index in [1.807, 2.05) is 13.8 Å². The molecule has 0 heterocycles. The van der Waals surface area contributed by atoms with Gasteiger partial charge < -0.3 is 9.80 Å². The van der Waals surface area contributed by atoms with Gasteiger partial charge in [-0.3, -0.25) is 0 Å². The molecule has 2 heteroatoms. The van der Waals surface area contributed by atoms with E-state index < -0.39 is 0 Å². The minimum Gasteiger partial charge on any atom is -0.305 e. The Hall–Kier alpha value is -0.0800. The number of hydrogen-bond donors (Lipinski definition) is 0. The smallest absolute Gasteiger partial charge is 0.0245 e. The van der Waals surface area contributed by atoms with Crippen LogP contribution < -0.4 is 0 Å². The highest BCUT2D eigenvalue weighted by Crippen LogP contribution is 2.24. The van der Waals surface area contributed by atoms with Gasteiger partial charge in [-0.15, -0.1) is 0 Å². The quantitative estimate of drug-likeness (QED) is 0.675. The van der Waals surface area contributed by atoms with Crippen molar-refractivity contribution < 1.29 is 0 Å². The van der Waals surface area contributed by atoms with Crippen molar-refractivity contribution in [3.63, 3.8) is 0 Å². The molecule has 0 aromatic rings. The summed E-state index contributed by atoms with van der Waals surface area (Å²) in [6.07, 6.45) is 5.56. The largest absolute Gasteiger partial charge is 0.305 e. The second-order valence-electron chi connectivity index (χ2n) is 4.35. The fourth-order valence-electron chi connectivity index (χ4n) is 2.30. The van der Waals surface area contributed by atoms with Crippen LogP contribution in [-0.2, 0) is 0 Å². The minimum absolute atomic E-state index is 0.772. The summed E-state index contributed by atoms with van der Waals surface area (Å²) >= 11 is 0. The molecular weight excluding hydrogens is 172 g/mol. The van der Waals surface area contributed by atoms with Crippen molar-refractivity contribution >= 4 is 0 Å². The van der Waals surface area contributed by atoms with Crippen LogP contribution >= 0.6 is 0 Å². The molecule has 0 unspecified atom stereocenters. The monoisotopic (exact) mass is 200 g/mol. The van der Waals surface area contributed by atoms with E-state index in [4.69, 9.17) is 0 Å². The zero-order valence-corrected chi connectivity index (χ0v) is 10.9. The maximum atomic E-state index is 2.38. The van der Waals surface area contributed by atoms with Crippen molar-refractivity contribution in [2.75, 3.05) is 28.2 Å². The predicted octanol–water partition coefficient (Wildman–Crippen LogP) is 2.45. The van der Waals surface area contributed by atoms with Gasteiger partial charge in [0.05, 0.1) is 0 Å². The molecule has 2 nitrogen and oxygen atoms in total. The second-order valence-corrected chi connectivity index (χ2v) is 4.35. The van der Waals surface area contributed by atoms with E-state index >= 15 is 0 Å². The molecule has 1 saturated carbocycles. The molecule has 1 fully saturated rings. The van der Waals surface area contributed by atoms with Gasteiger partial charge in [-0.1, -0.05) is 26.7 Å². The van der Waals surface area contributed by atoms with Crippen LogP contribution in [0.2, 0.25) is 0 Å². The Labute approximate surface area is 90.3 Å². The van der Waals surface area contributed by atoms with E-state index in [1.165, 1.54) is 25.7 Å². The highest BCUT2D eigenvalue weighted by Gasteiger charge is 2.27. The Bertz CT molecular complexity index is 116. The lowest BCUT2D eigenvalue weighted by molar-refractivity contribution is 0.110. The molecule has 0 bridgehead atoms. The van der Waals surface area contributed by atoms with Crippen molar-refractivity contribution in [2.24, 2.45) is 0 Å². The number of nitrogens with zero attached hydrogens (tertiary/aromatic N) is 2. The van der Waals surface area contributed by atoms with Crippen molar-refractivity contribution in [1.29, 1.82) is 0 Å². The third-order valence-electron chi connectivity index (χ3n) is 3.02. The summed E-state index contributed by atoms with van der Waals surface area (Å²) in [7, 11) is 8.80. The topological polar surface area (TPSA) is 6.48 Å². The summed E-state index contributed by atoms with van der Waals surface area (Å²) in [5.74, 6) is 0. The summed E-state index contributed by atoms with van der Waals surface area (Å²) in [6, 6.07) is 1.54. The first-order valence-electron chi connectivity index (χ1n) is 5.96. The third kappa shape index (κ3) is 3.97. The fourth-order valence-corrected chi connectivity index (χ4v) is 2.30. The first-order chi connectivity index (χ1) is 6.63. The van der Waals surface area contributed by atoms with E-state index in [0.29, 0.717) is 0 Å². The van der Waals surface area contributed by atoms with E-state index in [2.05, 4.69) is 38.0 Å². The maximum absolute atomic E-state index is 2.38. The molecule has 1 rings (SSSR count). The van der Waals surface area contributed by atoms with Gasteiger partial charge in [-0.2, -0.15) is 0 Å². The summed E-state index contributed by atoms with van der Waals surface area (Å²) in [5, 5.41) is 0. The molecule has 0 N–H and O–H groups in total. The normalized spacial score (nSPS) is 27.4. The number of hydrogen-bond acceptors (Lipinski definition) is 2. The van der Waals surface area contributed by atoms with Crippen LogP contribution in [-0.4, -0.2) is 50.1 Å². The summed E-state index contributed by atoms with van der Waals surface area (Å²) in [6.45, 7) is 4.00. The molecule has 0 aromatic carbocycles. The summed E-state index contributed by atoms with van der Waals surface area (Å²) in [5.41, 5.74) is 0. The van der Waals surface area contributed by atoms with Crippen LogP contribution in [0.3, 0.4) is 0 Å². The van der Waals surface area contributed by atoms with Crippen LogP contribution in [0.5, 0.6) is 0 Å². The Morgan fingerprint density at radius 1 is 0.714 bits per heavy atom. The van der Waals surface area contributed by atoms with E-state index in [-0.39, 0.29) is 0 Å². The first-order valence-corrected chi connectivity index (χ1v) is 5.96. The average molecular weight is 200 g/mol. The van der Waals surface area contributed by atoms with Crippen molar-refractivity contribution in [3.8, 4) is 0 Å². The van der Waals surface area contributed by atoms with Gasteiger partial charge in [0.25, 0.3) is 0 Å². The first kappa shape index (κ1) is 13.9. The molecule has 0 spiro atoms. The Kier molecular flexibility index (Phi) is 7.20. The Morgan fingerprint density at radius 2 is 1.00 bits per heavy atom. The van der Waals surface area contributed by atoms with Gasteiger partial charge in [-0.25, -0.2) is 0 Å². The van der Waals surface area contributed by atoms with Gasteiger partial charge in [0, 0.05) is 12.1 Å². The lowest BCUT2D eigenvalue weighted by atomic mass is 9.89. The maximum Gasteiger partial charge on any atom is 0.0245 e. The van der Waals surface area contributed by atoms with Gasteiger partial charge >= 0.3 is 0 Å². The Balaban J connectivity index is 0.000000791. The highest BCUT2D eigenvalue weighted by molar-refractivity contribution is 4.85. The van der Waals surface area contributed by atoms with E-state index in [1.54, 1.807) is 0 Å². The molecule has 14 heavy (non-hydrogen) atoms. The third-order valence-corrected chi connectivity index (χ3v) is 3.02. The van der Waals surface area contributed by atoms with Crippen LogP contribution in [0.25, 0.3) is 0 Å². The summed E-state index contributed by atoms with van der Waals surface area (Å²) < 4.78 is 0. The van der Waals surface area contributed by atoms with Crippen LogP contribution in [0.4, 0.5) is 0 Å². The molecule has 86 valence electrons. The fraction of sp³-hybridized carbons (Fsp3) is 1.00. The van der Waals surface area contributed by atoms with Crippen LogP contribution in [0.15, 0.2) is 0 Å². The van der Waals surface area contributed by atoms with Gasteiger partial charge in [0.15, 0.2) is 0 Å². The molecule has 0 radical (unpaired) electrons. The molecule has 2 atom stereocenters. The zero-order chi connectivity index (χ0) is 11.1. The van der Waals surface area contributed by atoms with Crippen molar-refractivity contribution in [2.45, 2.75) is 51.6 Å². The van der Waals surface area contributed by atoms with Crippen molar-refractivity contribution in [3.05, 3.63) is 0 Å². The molecule has 1 aliphatic carbocycles. The molecule has 0 saturated heterocycles. The molecule has 1 aliphatic rings. The highest BCUT2D eigenvalue weighted by atomic mass is 15.2. The van der Waals surface area contributed by atoms with Crippen molar-refractivity contribution in [1.82, 2.24) is 9.80 Å². The lowest BCUT2D eigenvalue weighted by Crippen LogP contribution is -2.48. The zero-order valence-electron chi connectivity index (χ0n) is 10.9. The lowest BCUT2D eigenvalue weighted by Gasteiger charge is -2.39. The standard InChI is InChI=1S/C10H22N2.C2H6/c1-11(2)9-7-5-6-8-10(9)12(3)4;1-2/h9-10H,5-8H2,1-4H3;1-2H3/t9-,10-;/m1./s1. The summed E-state index contributed by atoms with van der Waals surface area (Å²) in [4.78, 5) is 4.76. The average Bonchev–Trinajstić information content (AvgIpc) is 2.20. The Morgan fingerprint density at radius 3 is 1.21 bits per heavy atom. The van der Waals surface area contributed by atoms with Crippen LogP contribution in [0, 0.1) is 0 Å². The molecule has 0 aromatic heterocycles. The van der Waals surface area contributed by atoms with Gasteiger partial charge in [-0.05, 0) is 41.0 Å². The number of rotatable bonds is 2. The van der Waals surface area contributed by atoms with Crippen LogP contribution in [0.1, 0.15) is 39.5 Å². The van der Waals surface area contributed by atoms with Gasteiger partial charge in [0.1, 0.15) is 0 Å². The van der Waals surface area contributed by atoms with E-state index in [0.717, 1.165) is 12.1 Å². The molecule has 0 aliphatic heterocycles. The number of likely N-dealkylation sites (N-methyl/N-ethyl adjacent to an activating group) is 2. The predicted molar refractivity (Wildman–Crippen MR) is 64.8 cm³/mol. The molecular formula is C12H28N2. The SMILES string of the molecule is CC.CN(C)[C@@H]1CCCC[C@H]1N(C)C. The second kappa shape index (κ2) is 7.24. The van der Waals surface area contributed by atoms with E-state index in [9.17, 15) is 0 Å². The molecule has 0 amide bonds.